The third-order valence-corrected chi connectivity index (χ3v) is 2.47. The van der Waals surface area contributed by atoms with Crippen molar-refractivity contribution in [2.75, 3.05) is 6.61 Å². The van der Waals surface area contributed by atoms with Gasteiger partial charge in [-0.25, -0.2) is 4.79 Å². The van der Waals surface area contributed by atoms with Crippen LogP contribution in [0.15, 0.2) is 18.3 Å². The number of ether oxygens (including phenoxy) is 1. The summed E-state index contributed by atoms with van der Waals surface area (Å²) in [6.07, 6.45) is 4.07. The second kappa shape index (κ2) is 3.84. The normalized spacial score (nSPS) is 21.3. The zero-order valence-electron chi connectivity index (χ0n) is 7.85. The number of carbonyl (C=O) groups is 1. The van der Waals surface area contributed by atoms with Gasteiger partial charge in [0.25, 0.3) is 0 Å². The highest BCUT2D eigenvalue weighted by atomic mass is 16.5. The fraction of sp³-hybridized carbons (Fsp3) is 0.500. The molecule has 1 aliphatic heterocycles. The first kappa shape index (κ1) is 9.27. The predicted octanol–water partition coefficient (Wildman–Crippen LogP) is 1.37. The number of hydrogen-bond donors (Lipinski definition) is 1. The molecule has 0 amide bonds. The van der Waals surface area contributed by atoms with Crippen molar-refractivity contribution in [3.8, 4) is 0 Å². The van der Waals surface area contributed by atoms with Crippen molar-refractivity contribution in [3.05, 3.63) is 24.0 Å². The van der Waals surface area contributed by atoms with Crippen LogP contribution < -0.4 is 0 Å². The van der Waals surface area contributed by atoms with Crippen molar-refractivity contribution in [1.29, 1.82) is 0 Å². The van der Waals surface area contributed by atoms with E-state index in [-0.39, 0.29) is 6.10 Å². The maximum absolute atomic E-state index is 10.8. The van der Waals surface area contributed by atoms with Gasteiger partial charge in [0.2, 0.25) is 0 Å². The molecule has 0 spiro atoms. The Kier molecular flexibility index (Phi) is 2.54. The summed E-state index contributed by atoms with van der Waals surface area (Å²) in [5.74, 6) is -0.881. The van der Waals surface area contributed by atoms with Crippen LogP contribution >= 0.6 is 0 Å². The van der Waals surface area contributed by atoms with Crippen LogP contribution in [0.4, 0.5) is 0 Å². The van der Waals surface area contributed by atoms with E-state index in [0.29, 0.717) is 12.2 Å². The Bertz CT molecular complexity index is 326. The molecule has 1 aromatic rings. The van der Waals surface area contributed by atoms with Gasteiger partial charge in [0.05, 0.1) is 6.10 Å². The van der Waals surface area contributed by atoms with Crippen molar-refractivity contribution < 1.29 is 14.6 Å². The van der Waals surface area contributed by atoms with Gasteiger partial charge < -0.3 is 14.4 Å². The molecular weight excluding hydrogens is 182 g/mol. The number of carboxylic acid groups (broad SMARTS) is 1. The SMILES string of the molecule is O=C(O)c1cccn1C[C@@H]1CCCO1. The average molecular weight is 195 g/mol. The van der Waals surface area contributed by atoms with Gasteiger partial charge in [-0.05, 0) is 25.0 Å². The number of aromatic nitrogens is 1. The molecule has 4 nitrogen and oxygen atoms in total. The highest BCUT2D eigenvalue weighted by molar-refractivity contribution is 5.85. The molecule has 14 heavy (non-hydrogen) atoms. The smallest absolute Gasteiger partial charge is 0.352 e. The van der Waals surface area contributed by atoms with Gasteiger partial charge in [0, 0.05) is 19.3 Å². The lowest BCUT2D eigenvalue weighted by Crippen LogP contribution is -2.17. The van der Waals surface area contributed by atoms with E-state index < -0.39 is 5.97 Å². The van der Waals surface area contributed by atoms with E-state index in [1.165, 1.54) is 0 Å². The van der Waals surface area contributed by atoms with Crippen LogP contribution in [0.2, 0.25) is 0 Å². The Labute approximate surface area is 82.1 Å². The number of hydrogen-bond acceptors (Lipinski definition) is 2. The summed E-state index contributed by atoms with van der Waals surface area (Å²) in [6, 6.07) is 3.36. The van der Waals surface area contributed by atoms with Gasteiger partial charge in [-0.2, -0.15) is 0 Å². The highest BCUT2D eigenvalue weighted by Crippen LogP contribution is 2.15. The molecule has 1 aliphatic rings. The maximum Gasteiger partial charge on any atom is 0.352 e. The summed E-state index contributed by atoms with van der Waals surface area (Å²) in [6.45, 7) is 1.45. The van der Waals surface area contributed by atoms with Gasteiger partial charge in [-0.1, -0.05) is 0 Å². The standard InChI is InChI=1S/C10H13NO3/c12-10(13)9-4-1-5-11(9)7-8-3-2-6-14-8/h1,4-5,8H,2-3,6-7H2,(H,12,13)/t8-/m0/s1. The third kappa shape index (κ3) is 1.80. The predicted molar refractivity (Wildman–Crippen MR) is 50.4 cm³/mol. The van der Waals surface area contributed by atoms with Crippen LogP contribution in [0, 0.1) is 0 Å². The molecule has 76 valence electrons. The van der Waals surface area contributed by atoms with Crippen LogP contribution in [-0.2, 0) is 11.3 Å². The third-order valence-electron chi connectivity index (χ3n) is 2.47. The van der Waals surface area contributed by atoms with E-state index in [1.54, 1.807) is 22.9 Å². The number of aromatic carboxylic acids is 1. The van der Waals surface area contributed by atoms with Crippen molar-refractivity contribution in [2.45, 2.75) is 25.5 Å². The summed E-state index contributed by atoms with van der Waals surface area (Å²) in [7, 11) is 0. The van der Waals surface area contributed by atoms with E-state index >= 15 is 0 Å². The summed E-state index contributed by atoms with van der Waals surface area (Å²) in [5, 5.41) is 8.87. The molecule has 1 aromatic heterocycles. The van der Waals surface area contributed by atoms with Crippen LogP contribution in [0.5, 0.6) is 0 Å². The Hall–Kier alpha value is -1.29. The van der Waals surface area contributed by atoms with Crippen molar-refractivity contribution in [1.82, 2.24) is 4.57 Å². The van der Waals surface area contributed by atoms with E-state index in [9.17, 15) is 4.79 Å². The summed E-state index contributed by atoms with van der Waals surface area (Å²) >= 11 is 0. The largest absolute Gasteiger partial charge is 0.477 e. The molecule has 4 heteroatoms. The van der Waals surface area contributed by atoms with Gasteiger partial charge in [-0.15, -0.1) is 0 Å². The van der Waals surface area contributed by atoms with E-state index in [1.807, 2.05) is 0 Å². The first-order chi connectivity index (χ1) is 6.77. The summed E-state index contributed by atoms with van der Waals surface area (Å²) < 4.78 is 7.18. The number of rotatable bonds is 3. The van der Waals surface area contributed by atoms with E-state index in [4.69, 9.17) is 9.84 Å². The fourth-order valence-electron chi connectivity index (χ4n) is 1.78. The van der Waals surface area contributed by atoms with Crippen molar-refractivity contribution in [2.24, 2.45) is 0 Å². The zero-order valence-corrected chi connectivity index (χ0v) is 7.85. The van der Waals surface area contributed by atoms with Crippen LogP contribution in [0.25, 0.3) is 0 Å². The van der Waals surface area contributed by atoms with Crippen LogP contribution in [0.3, 0.4) is 0 Å². The van der Waals surface area contributed by atoms with Crippen molar-refractivity contribution in [3.63, 3.8) is 0 Å². The Morgan fingerprint density at radius 2 is 2.57 bits per heavy atom. The maximum atomic E-state index is 10.8. The quantitative estimate of drug-likeness (QED) is 0.792. The first-order valence-corrected chi connectivity index (χ1v) is 4.77. The monoisotopic (exact) mass is 195 g/mol. The molecule has 0 bridgehead atoms. The average Bonchev–Trinajstić information content (AvgIpc) is 2.75. The molecule has 0 aromatic carbocycles. The Morgan fingerprint density at radius 3 is 3.21 bits per heavy atom. The topological polar surface area (TPSA) is 51.5 Å². The van der Waals surface area contributed by atoms with Gasteiger partial charge in [-0.3, -0.25) is 0 Å². The van der Waals surface area contributed by atoms with Crippen LogP contribution in [-0.4, -0.2) is 28.4 Å². The van der Waals surface area contributed by atoms with Crippen LogP contribution in [0.1, 0.15) is 23.3 Å². The molecule has 1 N–H and O–H groups in total. The molecule has 2 heterocycles. The first-order valence-electron chi connectivity index (χ1n) is 4.77. The zero-order chi connectivity index (χ0) is 9.97. The lowest BCUT2D eigenvalue weighted by Gasteiger charge is -2.11. The second-order valence-corrected chi connectivity index (χ2v) is 3.49. The highest BCUT2D eigenvalue weighted by Gasteiger charge is 2.18. The molecule has 0 radical (unpaired) electrons. The lowest BCUT2D eigenvalue weighted by atomic mass is 10.2. The molecule has 0 saturated carbocycles. The molecule has 1 atom stereocenters. The van der Waals surface area contributed by atoms with Crippen molar-refractivity contribution >= 4 is 5.97 Å². The minimum atomic E-state index is -0.881. The minimum absolute atomic E-state index is 0.181. The summed E-state index contributed by atoms with van der Waals surface area (Å²) in [5.41, 5.74) is 0.334. The minimum Gasteiger partial charge on any atom is -0.477 e. The van der Waals surface area contributed by atoms with Gasteiger partial charge in [0.15, 0.2) is 0 Å². The molecule has 0 unspecified atom stereocenters. The fourth-order valence-corrected chi connectivity index (χ4v) is 1.78. The molecule has 1 fully saturated rings. The van der Waals surface area contributed by atoms with E-state index in [2.05, 4.69) is 0 Å². The summed E-state index contributed by atoms with van der Waals surface area (Å²) in [4.78, 5) is 10.8. The molecular formula is C10H13NO3. The number of carboxylic acids is 1. The lowest BCUT2D eigenvalue weighted by molar-refractivity contribution is 0.0671. The number of nitrogens with zero attached hydrogens (tertiary/aromatic N) is 1. The van der Waals surface area contributed by atoms with Gasteiger partial charge in [0.1, 0.15) is 5.69 Å². The molecule has 2 rings (SSSR count). The Morgan fingerprint density at radius 1 is 1.71 bits per heavy atom. The second-order valence-electron chi connectivity index (χ2n) is 3.49. The van der Waals surface area contributed by atoms with E-state index in [0.717, 1.165) is 19.4 Å². The molecule has 1 saturated heterocycles. The molecule has 0 aliphatic carbocycles. The van der Waals surface area contributed by atoms with Gasteiger partial charge >= 0.3 is 5.97 Å². The Balaban J connectivity index is 2.07.